The number of rotatable bonds is 6. The summed E-state index contributed by atoms with van der Waals surface area (Å²) < 4.78 is 18.4. The van der Waals surface area contributed by atoms with Crippen LogP contribution < -0.4 is 5.32 Å². The Kier molecular flexibility index (Phi) is 6.33. The zero-order valence-corrected chi connectivity index (χ0v) is 17.1. The van der Waals surface area contributed by atoms with Gasteiger partial charge in [-0.05, 0) is 63.1 Å². The molecule has 0 bridgehead atoms. The summed E-state index contributed by atoms with van der Waals surface area (Å²) >= 11 is 0. The molecule has 2 aromatic carbocycles. The average Bonchev–Trinajstić information content (AvgIpc) is 3.09. The van der Waals surface area contributed by atoms with E-state index in [1.54, 1.807) is 12.0 Å². The molecule has 5 nitrogen and oxygen atoms in total. The molecule has 1 atom stereocenters. The van der Waals surface area contributed by atoms with E-state index >= 15 is 0 Å². The SMILES string of the molecule is COCCC1(NC(=O)c2ccc(F)cc2)CCN(C(=O)c2cc(C)cc(C)c2)C1. The molecule has 1 aliphatic rings. The second kappa shape index (κ2) is 8.74. The van der Waals surface area contributed by atoms with Gasteiger partial charge >= 0.3 is 0 Å². The molecule has 1 N–H and O–H groups in total. The van der Waals surface area contributed by atoms with Gasteiger partial charge in [0.25, 0.3) is 11.8 Å². The predicted octanol–water partition coefficient (Wildman–Crippen LogP) is 3.49. The third-order valence-corrected chi connectivity index (χ3v) is 5.38. The minimum atomic E-state index is -0.573. The van der Waals surface area contributed by atoms with Crippen LogP contribution in [-0.4, -0.2) is 49.1 Å². The monoisotopic (exact) mass is 398 g/mol. The number of ether oxygens (including phenoxy) is 1. The first kappa shape index (κ1) is 21.0. The standard InChI is InChI=1S/C23H27FN2O3/c1-16-12-17(2)14-19(13-16)22(28)26-10-8-23(15-26,9-11-29-3)25-21(27)18-4-6-20(24)7-5-18/h4-7,12-14H,8-11,15H2,1-3H3,(H,25,27). The van der Waals surface area contributed by atoms with Gasteiger partial charge < -0.3 is 15.0 Å². The van der Waals surface area contributed by atoms with E-state index in [4.69, 9.17) is 4.74 Å². The second-order valence-corrected chi connectivity index (χ2v) is 7.84. The van der Waals surface area contributed by atoms with Crippen LogP contribution in [0.3, 0.4) is 0 Å². The molecule has 1 saturated heterocycles. The Labute approximate surface area is 170 Å². The Balaban J connectivity index is 1.77. The second-order valence-electron chi connectivity index (χ2n) is 7.84. The van der Waals surface area contributed by atoms with Crippen molar-refractivity contribution in [1.82, 2.24) is 10.2 Å². The van der Waals surface area contributed by atoms with Gasteiger partial charge in [-0.25, -0.2) is 4.39 Å². The van der Waals surface area contributed by atoms with Crippen molar-refractivity contribution in [1.29, 1.82) is 0 Å². The van der Waals surface area contributed by atoms with Gasteiger partial charge in [-0.1, -0.05) is 17.2 Å². The number of amides is 2. The highest BCUT2D eigenvalue weighted by molar-refractivity contribution is 5.96. The summed E-state index contributed by atoms with van der Waals surface area (Å²) in [6, 6.07) is 11.3. The van der Waals surface area contributed by atoms with Crippen LogP contribution in [-0.2, 0) is 4.74 Å². The fourth-order valence-electron chi connectivity index (χ4n) is 3.91. The molecular weight excluding hydrogens is 371 g/mol. The number of aryl methyl sites for hydroxylation is 2. The molecule has 1 aliphatic heterocycles. The fraction of sp³-hybridized carbons (Fsp3) is 0.391. The molecule has 1 unspecified atom stereocenters. The van der Waals surface area contributed by atoms with Crippen LogP contribution >= 0.6 is 0 Å². The summed E-state index contributed by atoms with van der Waals surface area (Å²) in [6.45, 7) is 5.38. The van der Waals surface area contributed by atoms with Gasteiger partial charge in [0.05, 0.1) is 5.54 Å². The number of nitrogens with zero attached hydrogens (tertiary/aromatic N) is 1. The Morgan fingerprint density at radius 3 is 2.38 bits per heavy atom. The Morgan fingerprint density at radius 1 is 1.10 bits per heavy atom. The molecule has 0 aliphatic carbocycles. The number of hydrogen-bond acceptors (Lipinski definition) is 3. The number of halogens is 1. The van der Waals surface area contributed by atoms with Crippen molar-refractivity contribution in [2.45, 2.75) is 32.2 Å². The van der Waals surface area contributed by atoms with Gasteiger partial charge in [0, 0.05) is 37.9 Å². The van der Waals surface area contributed by atoms with Crippen molar-refractivity contribution in [3.8, 4) is 0 Å². The number of likely N-dealkylation sites (tertiary alicyclic amines) is 1. The van der Waals surface area contributed by atoms with Gasteiger partial charge in [0.1, 0.15) is 5.82 Å². The number of hydrogen-bond donors (Lipinski definition) is 1. The van der Waals surface area contributed by atoms with Gasteiger partial charge in [0.15, 0.2) is 0 Å². The smallest absolute Gasteiger partial charge is 0.253 e. The van der Waals surface area contributed by atoms with E-state index in [1.165, 1.54) is 24.3 Å². The first-order chi connectivity index (χ1) is 13.8. The van der Waals surface area contributed by atoms with E-state index in [1.807, 2.05) is 32.0 Å². The molecule has 2 amide bonds. The highest BCUT2D eigenvalue weighted by atomic mass is 19.1. The first-order valence-electron chi connectivity index (χ1n) is 9.76. The van der Waals surface area contributed by atoms with Gasteiger partial charge in [-0.2, -0.15) is 0 Å². The zero-order chi connectivity index (χ0) is 21.0. The Bertz CT molecular complexity index is 877. The lowest BCUT2D eigenvalue weighted by atomic mass is 9.93. The minimum Gasteiger partial charge on any atom is -0.385 e. The Morgan fingerprint density at radius 2 is 1.76 bits per heavy atom. The number of benzene rings is 2. The van der Waals surface area contributed by atoms with Crippen molar-refractivity contribution in [3.05, 3.63) is 70.5 Å². The van der Waals surface area contributed by atoms with E-state index in [-0.39, 0.29) is 17.6 Å². The van der Waals surface area contributed by atoms with Crippen LogP contribution in [0.1, 0.15) is 44.7 Å². The molecule has 1 heterocycles. The molecule has 0 aromatic heterocycles. The molecule has 3 rings (SSSR count). The first-order valence-corrected chi connectivity index (χ1v) is 9.76. The van der Waals surface area contributed by atoms with Gasteiger partial charge in [-0.15, -0.1) is 0 Å². The number of carbonyl (C=O) groups excluding carboxylic acids is 2. The summed E-state index contributed by atoms with van der Waals surface area (Å²) in [4.78, 5) is 27.6. The minimum absolute atomic E-state index is 0.0351. The van der Waals surface area contributed by atoms with E-state index < -0.39 is 5.54 Å². The largest absolute Gasteiger partial charge is 0.385 e. The molecule has 6 heteroatoms. The van der Waals surface area contributed by atoms with Crippen molar-refractivity contribution >= 4 is 11.8 Å². The third-order valence-electron chi connectivity index (χ3n) is 5.38. The number of methoxy groups -OCH3 is 1. The molecule has 154 valence electrons. The highest BCUT2D eigenvalue weighted by Gasteiger charge is 2.41. The van der Waals surface area contributed by atoms with Crippen molar-refractivity contribution < 1.29 is 18.7 Å². The zero-order valence-electron chi connectivity index (χ0n) is 17.1. The summed E-state index contributed by atoms with van der Waals surface area (Å²) in [6.07, 6.45) is 1.23. The van der Waals surface area contributed by atoms with Crippen molar-refractivity contribution in [2.24, 2.45) is 0 Å². The summed E-state index contributed by atoms with van der Waals surface area (Å²) in [5.74, 6) is -0.698. The topological polar surface area (TPSA) is 58.6 Å². The fourth-order valence-corrected chi connectivity index (χ4v) is 3.91. The van der Waals surface area contributed by atoms with Crippen molar-refractivity contribution in [3.63, 3.8) is 0 Å². The Hall–Kier alpha value is -2.73. The molecule has 2 aromatic rings. The average molecular weight is 398 g/mol. The molecule has 1 fully saturated rings. The van der Waals surface area contributed by atoms with E-state index in [0.717, 1.165) is 11.1 Å². The molecule has 29 heavy (non-hydrogen) atoms. The lowest BCUT2D eigenvalue weighted by molar-refractivity contribution is 0.0747. The summed E-state index contributed by atoms with van der Waals surface area (Å²) in [5, 5.41) is 3.09. The van der Waals surface area contributed by atoms with Crippen LogP contribution in [0.2, 0.25) is 0 Å². The lowest BCUT2D eigenvalue weighted by Gasteiger charge is -2.30. The maximum absolute atomic E-state index is 13.2. The van der Waals surface area contributed by atoms with Gasteiger partial charge in [-0.3, -0.25) is 9.59 Å². The van der Waals surface area contributed by atoms with Crippen LogP contribution in [0.15, 0.2) is 42.5 Å². The van der Waals surface area contributed by atoms with Crippen LogP contribution in [0.4, 0.5) is 4.39 Å². The maximum Gasteiger partial charge on any atom is 0.253 e. The van der Waals surface area contributed by atoms with Gasteiger partial charge in [0.2, 0.25) is 0 Å². The molecular formula is C23H27FN2O3. The van der Waals surface area contributed by atoms with E-state index in [0.29, 0.717) is 43.7 Å². The third kappa shape index (κ3) is 5.01. The number of nitrogens with one attached hydrogen (secondary N) is 1. The summed E-state index contributed by atoms with van der Waals surface area (Å²) in [5.41, 5.74) is 2.57. The summed E-state index contributed by atoms with van der Waals surface area (Å²) in [7, 11) is 1.61. The van der Waals surface area contributed by atoms with Crippen LogP contribution in [0, 0.1) is 19.7 Å². The normalized spacial score (nSPS) is 18.7. The lowest BCUT2D eigenvalue weighted by Crippen LogP contribution is -2.51. The van der Waals surface area contributed by atoms with Crippen molar-refractivity contribution in [2.75, 3.05) is 26.8 Å². The molecule has 0 spiro atoms. The predicted molar refractivity (Wildman–Crippen MR) is 110 cm³/mol. The van der Waals surface area contributed by atoms with Crippen LogP contribution in [0.25, 0.3) is 0 Å². The van der Waals surface area contributed by atoms with Crippen LogP contribution in [0.5, 0.6) is 0 Å². The molecule has 0 saturated carbocycles. The quantitative estimate of drug-likeness (QED) is 0.810. The maximum atomic E-state index is 13.2. The van der Waals surface area contributed by atoms with E-state index in [9.17, 15) is 14.0 Å². The van der Waals surface area contributed by atoms with E-state index in [2.05, 4.69) is 5.32 Å². The highest BCUT2D eigenvalue weighted by Crippen LogP contribution is 2.27. The number of carbonyl (C=O) groups is 2. The molecule has 0 radical (unpaired) electrons.